The van der Waals surface area contributed by atoms with Crippen molar-refractivity contribution >= 4 is 11.9 Å². The number of rotatable bonds is 1. The summed E-state index contributed by atoms with van der Waals surface area (Å²) >= 11 is 0. The van der Waals surface area contributed by atoms with Crippen molar-refractivity contribution in [2.24, 2.45) is 0 Å². The van der Waals surface area contributed by atoms with Crippen LogP contribution < -0.4 is 9.47 Å². The fraction of sp³-hybridized carbons (Fsp3) is 0.250. The number of hydrogen-bond donors (Lipinski definition) is 3. The van der Waals surface area contributed by atoms with Gasteiger partial charge in [0.05, 0.1) is 12.0 Å². The molecule has 0 saturated carbocycles. The molecule has 2 heterocycles. The summed E-state index contributed by atoms with van der Waals surface area (Å²) in [6.07, 6.45) is 2.98. The Bertz CT molecular complexity index is 957. The van der Waals surface area contributed by atoms with Gasteiger partial charge >= 0.3 is 0 Å². The Morgan fingerprint density at radius 2 is 1.88 bits per heavy atom. The van der Waals surface area contributed by atoms with E-state index in [1.807, 2.05) is 19.9 Å². The van der Waals surface area contributed by atoms with Crippen molar-refractivity contribution < 1.29 is 29.6 Å². The molecule has 0 bridgehead atoms. The number of hydrogen-bond acceptors (Lipinski definition) is 6. The fourth-order valence-electron chi connectivity index (χ4n) is 3.31. The van der Waals surface area contributed by atoms with Crippen molar-refractivity contribution in [3.05, 3.63) is 47.0 Å². The lowest BCUT2D eigenvalue weighted by Crippen LogP contribution is -2.29. The number of ketones is 1. The van der Waals surface area contributed by atoms with Crippen LogP contribution in [0.2, 0.25) is 0 Å². The molecule has 0 radical (unpaired) electrons. The summed E-state index contributed by atoms with van der Waals surface area (Å²) in [5, 5.41) is 29.8. The minimum atomic E-state index is -0.659. The van der Waals surface area contributed by atoms with E-state index in [2.05, 4.69) is 0 Å². The first kappa shape index (κ1) is 16.3. The number of phenolic OH excluding ortho intramolecular Hbond substituents is 3. The van der Waals surface area contributed by atoms with E-state index >= 15 is 0 Å². The monoisotopic (exact) mass is 354 g/mol. The molecule has 6 heteroatoms. The molecule has 0 spiro atoms. The van der Waals surface area contributed by atoms with Gasteiger partial charge in [-0.25, -0.2) is 0 Å². The lowest BCUT2D eigenvalue weighted by Gasteiger charge is -2.33. The lowest BCUT2D eigenvalue weighted by atomic mass is 9.92. The van der Waals surface area contributed by atoms with Crippen LogP contribution in [-0.4, -0.2) is 26.7 Å². The van der Waals surface area contributed by atoms with Gasteiger partial charge in [-0.2, -0.15) is 0 Å². The summed E-state index contributed by atoms with van der Waals surface area (Å²) in [6, 6.07) is 5.61. The normalized spacial score (nSPS) is 19.9. The lowest BCUT2D eigenvalue weighted by molar-refractivity contribution is 0.0832. The SMILES string of the molecule is CC1(C)C=Cc2c(O)ccc([C@H]3CC(=O)c4c(O)cc(O)cc4O3)c2O1. The van der Waals surface area contributed by atoms with Gasteiger partial charge in [-0.1, -0.05) is 0 Å². The number of fused-ring (bicyclic) bond motifs is 2. The predicted octanol–water partition coefficient (Wildman–Crippen LogP) is 3.69. The maximum Gasteiger partial charge on any atom is 0.174 e. The maximum absolute atomic E-state index is 12.5. The zero-order chi connectivity index (χ0) is 18.6. The van der Waals surface area contributed by atoms with E-state index in [0.29, 0.717) is 16.9 Å². The molecule has 0 aliphatic carbocycles. The first-order valence-electron chi connectivity index (χ1n) is 8.25. The second-order valence-electron chi connectivity index (χ2n) is 7.03. The van der Waals surface area contributed by atoms with E-state index in [9.17, 15) is 20.1 Å². The highest BCUT2D eigenvalue weighted by atomic mass is 16.5. The second-order valence-corrected chi connectivity index (χ2v) is 7.03. The summed E-state index contributed by atoms with van der Waals surface area (Å²) in [7, 11) is 0. The molecule has 1 atom stereocenters. The van der Waals surface area contributed by atoms with Crippen LogP contribution in [0.5, 0.6) is 28.7 Å². The van der Waals surface area contributed by atoms with E-state index in [-0.39, 0.29) is 40.8 Å². The van der Waals surface area contributed by atoms with Gasteiger partial charge in [0, 0.05) is 17.7 Å². The highest BCUT2D eigenvalue weighted by molar-refractivity contribution is 6.02. The van der Waals surface area contributed by atoms with Crippen LogP contribution in [0.1, 0.15) is 47.9 Å². The Morgan fingerprint density at radius 3 is 2.65 bits per heavy atom. The molecular formula is C20H18O6. The van der Waals surface area contributed by atoms with Crippen LogP contribution >= 0.6 is 0 Å². The van der Waals surface area contributed by atoms with Crippen molar-refractivity contribution in [3.8, 4) is 28.7 Å². The standard InChI is InChI=1S/C20H18O6/c1-20(2)6-5-11-13(22)4-3-12(19(11)26-20)16-9-15(24)18-14(23)7-10(21)8-17(18)25-16/h3-8,16,21-23H,9H2,1-2H3/t16-/m1/s1. The summed E-state index contributed by atoms with van der Waals surface area (Å²) in [6.45, 7) is 3.77. The van der Waals surface area contributed by atoms with E-state index in [0.717, 1.165) is 6.07 Å². The van der Waals surface area contributed by atoms with Gasteiger partial charge < -0.3 is 24.8 Å². The number of carbonyl (C=O) groups is 1. The maximum atomic E-state index is 12.5. The van der Waals surface area contributed by atoms with Gasteiger partial charge in [-0.3, -0.25) is 4.79 Å². The minimum Gasteiger partial charge on any atom is -0.508 e. The van der Waals surface area contributed by atoms with Gasteiger partial charge in [0.2, 0.25) is 0 Å². The molecular weight excluding hydrogens is 336 g/mol. The average molecular weight is 354 g/mol. The van der Waals surface area contributed by atoms with Crippen molar-refractivity contribution in [2.75, 3.05) is 0 Å². The summed E-state index contributed by atoms with van der Waals surface area (Å²) < 4.78 is 11.9. The summed E-state index contributed by atoms with van der Waals surface area (Å²) in [4.78, 5) is 12.5. The molecule has 6 nitrogen and oxygen atoms in total. The number of phenols is 3. The molecule has 0 aromatic heterocycles. The van der Waals surface area contributed by atoms with Crippen LogP contribution in [0.4, 0.5) is 0 Å². The third kappa shape index (κ3) is 2.54. The minimum absolute atomic E-state index is 0.00997. The zero-order valence-electron chi connectivity index (χ0n) is 14.3. The van der Waals surface area contributed by atoms with Crippen LogP contribution in [0.3, 0.4) is 0 Å². The number of carbonyl (C=O) groups excluding carboxylic acids is 1. The Labute approximate surface area is 149 Å². The van der Waals surface area contributed by atoms with Gasteiger partial charge in [-0.05, 0) is 38.1 Å². The molecule has 0 unspecified atom stereocenters. The van der Waals surface area contributed by atoms with E-state index in [1.54, 1.807) is 12.1 Å². The van der Waals surface area contributed by atoms with Crippen LogP contribution in [0, 0.1) is 0 Å². The van der Waals surface area contributed by atoms with Gasteiger partial charge in [0.15, 0.2) is 5.78 Å². The molecule has 0 amide bonds. The molecule has 0 fully saturated rings. The Morgan fingerprint density at radius 1 is 1.12 bits per heavy atom. The first-order chi connectivity index (χ1) is 12.2. The average Bonchev–Trinajstić information content (AvgIpc) is 2.52. The van der Waals surface area contributed by atoms with Crippen molar-refractivity contribution in [1.29, 1.82) is 0 Å². The number of Topliss-reactive ketones (excluding diaryl/α,β-unsaturated/α-hetero) is 1. The third-order valence-corrected chi connectivity index (χ3v) is 4.55. The fourth-order valence-corrected chi connectivity index (χ4v) is 3.31. The highest BCUT2D eigenvalue weighted by Crippen LogP contribution is 2.47. The molecule has 2 aliphatic rings. The van der Waals surface area contributed by atoms with Gasteiger partial charge in [0.1, 0.15) is 46.0 Å². The molecule has 2 aromatic rings. The van der Waals surface area contributed by atoms with Crippen LogP contribution in [0.25, 0.3) is 6.08 Å². The summed E-state index contributed by atoms with van der Waals surface area (Å²) in [5.74, 6) is -0.131. The van der Waals surface area contributed by atoms with Crippen LogP contribution in [-0.2, 0) is 0 Å². The Kier molecular flexibility index (Phi) is 3.41. The Balaban J connectivity index is 1.81. The third-order valence-electron chi connectivity index (χ3n) is 4.55. The number of ether oxygens (including phenoxy) is 2. The summed E-state index contributed by atoms with van der Waals surface area (Å²) in [5.41, 5.74) is 0.648. The van der Waals surface area contributed by atoms with E-state index in [4.69, 9.17) is 9.47 Å². The molecule has 2 aromatic carbocycles. The molecule has 26 heavy (non-hydrogen) atoms. The first-order valence-corrected chi connectivity index (χ1v) is 8.25. The van der Waals surface area contributed by atoms with Gasteiger partial charge in [-0.15, -0.1) is 0 Å². The van der Waals surface area contributed by atoms with Crippen molar-refractivity contribution in [1.82, 2.24) is 0 Å². The van der Waals surface area contributed by atoms with Crippen LogP contribution in [0.15, 0.2) is 30.3 Å². The smallest absolute Gasteiger partial charge is 0.174 e. The molecule has 0 saturated heterocycles. The molecule has 134 valence electrons. The largest absolute Gasteiger partial charge is 0.508 e. The van der Waals surface area contributed by atoms with Gasteiger partial charge in [0.25, 0.3) is 0 Å². The Hall–Kier alpha value is -3.15. The molecule has 4 rings (SSSR count). The second kappa shape index (κ2) is 5.42. The van der Waals surface area contributed by atoms with E-state index < -0.39 is 11.7 Å². The highest BCUT2D eigenvalue weighted by Gasteiger charge is 2.35. The molecule has 2 aliphatic heterocycles. The van der Waals surface area contributed by atoms with Crippen molar-refractivity contribution in [3.63, 3.8) is 0 Å². The topological polar surface area (TPSA) is 96.2 Å². The number of aromatic hydroxyl groups is 3. The molecule has 3 N–H and O–H groups in total. The predicted molar refractivity (Wildman–Crippen MR) is 93.9 cm³/mol. The van der Waals surface area contributed by atoms with E-state index in [1.165, 1.54) is 12.1 Å². The quantitative estimate of drug-likeness (QED) is 0.723. The number of benzene rings is 2. The van der Waals surface area contributed by atoms with Crippen molar-refractivity contribution in [2.45, 2.75) is 32.0 Å². The zero-order valence-corrected chi connectivity index (χ0v) is 14.3.